The number of ketones is 1. The summed E-state index contributed by atoms with van der Waals surface area (Å²) in [7, 11) is 0. The SMILES string of the molecule is CCCCOCCN1CCCC1C1CCCC1=O. The summed E-state index contributed by atoms with van der Waals surface area (Å²) in [6, 6.07) is 0.523. The van der Waals surface area contributed by atoms with Gasteiger partial charge in [-0.15, -0.1) is 0 Å². The Morgan fingerprint density at radius 3 is 2.89 bits per heavy atom. The first-order valence-corrected chi connectivity index (χ1v) is 7.67. The van der Waals surface area contributed by atoms with Crippen LogP contribution in [0.25, 0.3) is 0 Å². The van der Waals surface area contributed by atoms with Crippen LogP contribution in [0.5, 0.6) is 0 Å². The van der Waals surface area contributed by atoms with Gasteiger partial charge in [0.05, 0.1) is 6.61 Å². The summed E-state index contributed by atoms with van der Waals surface area (Å²) in [5, 5.41) is 0. The summed E-state index contributed by atoms with van der Waals surface area (Å²) in [5.41, 5.74) is 0. The lowest BCUT2D eigenvalue weighted by molar-refractivity contribution is -0.122. The van der Waals surface area contributed by atoms with Gasteiger partial charge in [-0.1, -0.05) is 13.3 Å². The third-order valence-corrected chi connectivity index (χ3v) is 4.40. The topological polar surface area (TPSA) is 29.5 Å². The second-order valence-corrected chi connectivity index (χ2v) is 5.68. The Bertz CT molecular complexity index is 267. The Labute approximate surface area is 111 Å². The molecule has 2 rings (SSSR count). The van der Waals surface area contributed by atoms with Crippen molar-refractivity contribution in [3.8, 4) is 0 Å². The second kappa shape index (κ2) is 7.25. The molecule has 2 aliphatic rings. The Hall–Kier alpha value is -0.410. The van der Waals surface area contributed by atoms with E-state index in [1.807, 2.05) is 0 Å². The van der Waals surface area contributed by atoms with Crippen LogP contribution in [0.15, 0.2) is 0 Å². The molecule has 0 aromatic heterocycles. The van der Waals surface area contributed by atoms with Gasteiger partial charge in [0.15, 0.2) is 0 Å². The summed E-state index contributed by atoms with van der Waals surface area (Å²) in [6.07, 6.45) is 7.88. The molecule has 2 atom stereocenters. The molecule has 1 heterocycles. The number of hydrogen-bond acceptors (Lipinski definition) is 3. The standard InChI is InChI=1S/C15H27NO2/c1-2-3-11-18-12-10-16-9-5-7-14(16)13-6-4-8-15(13)17/h13-14H,2-12H2,1H3. The molecule has 2 unspecified atom stereocenters. The number of Topliss-reactive ketones (excluding diaryl/α,β-unsaturated/α-hetero) is 1. The van der Waals surface area contributed by atoms with Crippen molar-refractivity contribution in [3.63, 3.8) is 0 Å². The van der Waals surface area contributed by atoms with Crippen LogP contribution in [0.3, 0.4) is 0 Å². The molecule has 0 amide bonds. The van der Waals surface area contributed by atoms with E-state index < -0.39 is 0 Å². The molecule has 0 radical (unpaired) electrons. The third-order valence-electron chi connectivity index (χ3n) is 4.40. The van der Waals surface area contributed by atoms with Crippen molar-refractivity contribution in [3.05, 3.63) is 0 Å². The first-order chi connectivity index (χ1) is 8.83. The van der Waals surface area contributed by atoms with Gasteiger partial charge >= 0.3 is 0 Å². The van der Waals surface area contributed by atoms with Crippen molar-refractivity contribution in [1.82, 2.24) is 4.90 Å². The number of hydrogen-bond donors (Lipinski definition) is 0. The normalized spacial score (nSPS) is 29.3. The quantitative estimate of drug-likeness (QED) is 0.653. The molecule has 0 spiro atoms. The first-order valence-electron chi connectivity index (χ1n) is 7.67. The van der Waals surface area contributed by atoms with Gasteiger partial charge in [0.1, 0.15) is 5.78 Å². The molecule has 0 bridgehead atoms. The van der Waals surface area contributed by atoms with E-state index in [2.05, 4.69) is 11.8 Å². The number of likely N-dealkylation sites (tertiary alicyclic amines) is 1. The molecule has 0 aromatic carbocycles. The maximum atomic E-state index is 11.9. The van der Waals surface area contributed by atoms with E-state index in [1.165, 1.54) is 19.3 Å². The number of rotatable bonds is 7. The van der Waals surface area contributed by atoms with Crippen molar-refractivity contribution in [2.75, 3.05) is 26.3 Å². The van der Waals surface area contributed by atoms with E-state index >= 15 is 0 Å². The molecule has 1 saturated carbocycles. The minimum absolute atomic E-state index is 0.336. The molecule has 1 aliphatic carbocycles. The molecule has 3 nitrogen and oxygen atoms in total. The molecular weight excluding hydrogens is 226 g/mol. The molecule has 3 heteroatoms. The summed E-state index contributed by atoms with van der Waals surface area (Å²) >= 11 is 0. The highest BCUT2D eigenvalue weighted by molar-refractivity contribution is 5.83. The van der Waals surface area contributed by atoms with Gasteiger partial charge in [-0.05, 0) is 38.6 Å². The Morgan fingerprint density at radius 1 is 1.28 bits per heavy atom. The van der Waals surface area contributed by atoms with Gasteiger partial charge in [0, 0.05) is 31.5 Å². The number of carbonyl (C=O) groups excluding carboxylic acids is 1. The van der Waals surface area contributed by atoms with Gasteiger partial charge in [-0.25, -0.2) is 0 Å². The zero-order valence-corrected chi connectivity index (χ0v) is 11.7. The second-order valence-electron chi connectivity index (χ2n) is 5.68. The minimum Gasteiger partial charge on any atom is -0.380 e. The van der Waals surface area contributed by atoms with E-state index in [-0.39, 0.29) is 0 Å². The molecule has 1 saturated heterocycles. The lowest BCUT2D eigenvalue weighted by Gasteiger charge is -2.28. The van der Waals surface area contributed by atoms with E-state index in [9.17, 15) is 4.79 Å². The Balaban J connectivity index is 1.72. The fraction of sp³-hybridized carbons (Fsp3) is 0.933. The van der Waals surface area contributed by atoms with Crippen LogP contribution in [-0.4, -0.2) is 43.0 Å². The molecule has 1 aliphatic heterocycles. The van der Waals surface area contributed by atoms with E-state index in [1.54, 1.807) is 0 Å². The van der Waals surface area contributed by atoms with Crippen LogP contribution in [0, 0.1) is 5.92 Å². The van der Waals surface area contributed by atoms with Crippen LogP contribution in [0.2, 0.25) is 0 Å². The molecular formula is C15H27NO2. The highest BCUT2D eigenvalue weighted by Crippen LogP contribution is 2.32. The summed E-state index contributed by atoms with van der Waals surface area (Å²) < 4.78 is 5.65. The van der Waals surface area contributed by atoms with Gasteiger partial charge in [-0.3, -0.25) is 9.69 Å². The number of carbonyl (C=O) groups is 1. The van der Waals surface area contributed by atoms with Gasteiger partial charge in [0.2, 0.25) is 0 Å². The highest BCUT2D eigenvalue weighted by atomic mass is 16.5. The van der Waals surface area contributed by atoms with Crippen molar-refractivity contribution in [1.29, 1.82) is 0 Å². The predicted octanol–water partition coefficient (Wildman–Crippen LogP) is 2.64. The van der Waals surface area contributed by atoms with Crippen molar-refractivity contribution in [2.45, 2.75) is 57.9 Å². The summed E-state index contributed by atoms with van der Waals surface area (Å²) in [5.74, 6) is 0.849. The van der Waals surface area contributed by atoms with Crippen LogP contribution >= 0.6 is 0 Å². The maximum Gasteiger partial charge on any atom is 0.137 e. The Morgan fingerprint density at radius 2 is 2.17 bits per heavy atom. The number of unbranched alkanes of at least 4 members (excludes halogenated alkanes) is 1. The molecule has 104 valence electrons. The van der Waals surface area contributed by atoms with Crippen LogP contribution < -0.4 is 0 Å². The van der Waals surface area contributed by atoms with Crippen molar-refractivity contribution < 1.29 is 9.53 Å². The largest absolute Gasteiger partial charge is 0.380 e. The predicted molar refractivity (Wildman–Crippen MR) is 72.7 cm³/mol. The number of ether oxygens (including phenoxy) is 1. The first kappa shape index (κ1) is 14.0. The third kappa shape index (κ3) is 3.55. The van der Waals surface area contributed by atoms with Crippen LogP contribution in [0.4, 0.5) is 0 Å². The average Bonchev–Trinajstić information content (AvgIpc) is 2.97. The fourth-order valence-electron chi connectivity index (χ4n) is 3.37. The zero-order chi connectivity index (χ0) is 12.8. The van der Waals surface area contributed by atoms with Crippen LogP contribution in [-0.2, 0) is 9.53 Å². The number of nitrogens with zero attached hydrogens (tertiary/aromatic N) is 1. The lowest BCUT2D eigenvalue weighted by atomic mass is 9.95. The van der Waals surface area contributed by atoms with Crippen molar-refractivity contribution >= 4 is 5.78 Å². The molecule has 18 heavy (non-hydrogen) atoms. The van der Waals surface area contributed by atoms with Crippen LogP contribution in [0.1, 0.15) is 51.9 Å². The van der Waals surface area contributed by atoms with E-state index in [0.717, 1.165) is 52.0 Å². The van der Waals surface area contributed by atoms with E-state index in [4.69, 9.17) is 4.74 Å². The van der Waals surface area contributed by atoms with Gasteiger partial charge < -0.3 is 4.74 Å². The zero-order valence-electron chi connectivity index (χ0n) is 11.7. The fourth-order valence-corrected chi connectivity index (χ4v) is 3.37. The van der Waals surface area contributed by atoms with Crippen molar-refractivity contribution in [2.24, 2.45) is 5.92 Å². The van der Waals surface area contributed by atoms with Gasteiger partial charge in [-0.2, -0.15) is 0 Å². The van der Waals surface area contributed by atoms with E-state index in [0.29, 0.717) is 17.7 Å². The van der Waals surface area contributed by atoms with Gasteiger partial charge in [0.25, 0.3) is 0 Å². The molecule has 2 fully saturated rings. The lowest BCUT2D eigenvalue weighted by Crippen LogP contribution is -2.39. The summed E-state index contributed by atoms with van der Waals surface area (Å²) in [6.45, 7) is 6.07. The minimum atomic E-state index is 0.336. The smallest absolute Gasteiger partial charge is 0.137 e. The molecule has 0 N–H and O–H groups in total. The molecule has 0 aromatic rings. The average molecular weight is 253 g/mol. The highest BCUT2D eigenvalue weighted by Gasteiger charge is 2.37. The Kier molecular flexibility index (Phi) is 5.64. The monoisotopic (exact) mass is 253 g/mol. The maximum absolute atomic E-state index is 11.9. The summed E-state index contributed by atoms with van der Waals surface area (Å²) in [4.78, 5) is 14.4.